The first-order valence-electron chi connectivity index (χ1n) is 10.2. The molecular formula is C25H21NO5. The van der Waals surface area contributed by atoms with E-state index >= 15 is 0 Å². The van der Waals surface area contributed by atoms with Gasteiger partial charge in [-0.05, 0) is 29.8 Å². The third-order valence-electron chi connectivity index (χ3n) is 5.70. The number of nitrogens with zero attached hydrogens (tertiary/aromatic N) is 1. The molecule has 2 aliphatic heterocycles. The summed E-state index contributed by atoms with van der Waals surface area (Å²) in [6.45, 7) is 1.19. The lowest BCUT2D eigenvalue weighted by Crippen LogP contribution is -2.41. The molecule has 2 heterocycles. The van der Waals surface area contributed by atoms with Gasteiger partial charge in [0.2, 0.25) is 0 Å². The van der Waals surface area contributed by atoms with Crippen molar-refractivity contribution >= 4 is 17.4 Å². The van der Waals surface area contributed by atoms with Gasteiger partial charge in [0.25, 0.3) is 5.91 Å². The molecule has 0 saturated heterocycles. The molecule has 0 spiro atoms. The largest absolute Gasteiger partial charge is 0.486 e. The van der Waals surface area contributed by atoms with E-state index < -0.39 is 11.5 Å². The Morgan fingerprint density at radius 2 is 1.65 bits per heavy atom. The Kier molecular flexibility index (Phi) is 4.71. The van der Waals surface area contributed by atoms with Gasteiger partial charge in [0.15, 0.2) is 22.9 Å². The second-order valence-electron chi connectivity index (χ2n) is 7.71. The second-order valence-corrected chi connectivity index (χ2v) is 7.71. The average Bonchev–Trinajstić information content (AvgIpc) is 3.01. The molecule has 0 aliphatic carbocycles. The number of carbonyl (C=O) groups is 2. The number of anilines is 1. The number of Topliss-reactive ketones (excluding diaryl/α,β-unsaturated/α-hetero) is 1. The van der Waals surface area contributed by atoms with Crippen LogP contribution in [0.5, 0.6) is 11.5 Å². The molecule has 6 heteroatoms. The lowest BCUT2D eigenvalue weighted by Gasteiger charge is -2.23. The number of hydrogen-bond acceptors (Lipinski definition) is 5. The van der Waals surface area contributed by atoms with Crippen molar-refractivity contribution in [1.82, 2.24) is 0 Å². The smallest absolute Gasteiger partial charge is 0.264 e. The van der Waals surface area contributed by atoms with Gasteiger partial charge in [-0.15, -0.1) is 0 Å². The quantitative estimate of drug-likeness (QED) is 0.646. The zero-order valence-corrected chi connectivity index (χ0v) is 16.8. The zero-order chi connectivity index (χ0) is 21.4. The highest BCUT2D eigenvalue weighted by Crippen LogP contribution is 2.44. The first kappa shape index (κ1) is 19.3. The number of hydrogen-bond donors (Lipinski definition) is 1. The van der Waals surface area contributed by atoms with Crippen LogP contribution < -0.4 is 14.4 Å². The summed E-state index contributed by atoms with van der Waals surface area (Å²) in [6, 6.07) is 21.6. The van der Waals surface area contributed by atoms with Crippen LogP contribution in [0.2, 0.25) is 0 Å². The van der Waals surface area contributed by atoms with Crippen molar-refractivity contribution in [3.05, 3.63) is 89.5 Å². The molecule has 1 amide bonds. The summed E-state index contributed by atoms with van der Waals surface area (Å²) in [7, 11) is 0. The summed E-state index contributed by atoms with van der Waals surface area (Å²) in [6.07, 6.45) is -0.353. The monoisotopic (exact) mass is 415 g/mol. The Morgan fingerprint density at radius 3 is 2.45 bits per heavy atom. The Balaban J connectivity index is 1.45. The number of fused-ring (bicyclic) bond motifs is 2. The molecule has 0 bridgehead atoms. The minimum Gasteiger partial charge on any atom is -0.486 e. The maximum absolute atomic E-state index is 13.4. The SMILES string of the molecule is O=C(C[C@]1(O)C(=O)N(Cc2ccccc2)c2ccccc21)c1ccc2c(c1)OCCO2. The molecule has 0 aromatic heterocycles. The summed E-state index contributed by atoms with van der Waals surface area (Å²) in [5.74, 6) is 0.235. The van der Waals surface area contributed by atoms with Crippen molar-refractivity contribution in [3.8, 4) is 11.5 Å². The Labute approximate surface area is 179 Å². The highest BCUT2D eigenvalue weighted by Gasteiger charge is 2.50. The van der Waals surface area contributed by atoms with Crippen LogP contribution in [0.3, 0.4) is 0 Å². The minimum absolute atomic E-state index is 0.317. The summed E-state index contributed by atoms with van der Waals surface area (Å²) in [5.41, 5.74) is 0.448. The molecule has 6 nitrogen and oxygen atoms in total. The van der Waals surface area contributed by atoms with Crippen molar-refractivity contribution in [2.45, 2.75) is 18.6 Å². The molecule has 5 rings (SSSR count). The fraction of sp³-hybridized carbons (Fsp3) is 0.200. The van der Waals surface area contributed by atoms with Crippen LogP contribution in [-0.4, -0.2) is 30.0 Å². The standard InChI is InChI=1S/C25H21NO5/c27-21(18-10-11-22-23(14-18)31-13-12-30-22)15-25(29)19-8-4-5-9-20(19)26(24(25)28)16-17-6-2-1-3-7-17/h1-11,14,29H,12-13,15-16H2/t25-/m1/s1. The van der Waals surface area contributed by atoms with Gasteiger partial charge in [0.05, 0.1) is 18.7 Å². The number of amides is 1. The molecule has 3 aromatic carbocycles. The van der Waals surface area contributed by atoms with E-state index in [-0.39, 0.29) is 12.2 Å². The number of benzene rings is 3. The van der Waals surface area contributed by atoms with E-state index in [0.717, 1.165) is 5.56 Å². The summed E-state index contributed by atoms with van der Waals surface area (Å²) in [4.78, 5) is 28.0. The Hall–Kier alpha value is -3.64. The first-order chi connectivity index (χ1) is 15.1. The highest BCUT2D eigenvalue weighted by atomic mass is 16.6. The second kappa shape index (κ2) is 7.56. The predicted octanol–water partition coefficient (Wildman–Crippen LogP) is 3.47. The molecule has 0 saturated carbocycles. The van der Waals surface area contributed by atoms with Gasteiger partial charge < -0.3 is 19.5 Å². The molecule has 1 N–H and O–H groups in total. The van der Waals surface area contributed by atoms with E-state index in [4.69, 9.17) is 9.47 Å². The van der Waals surface area contributed by atoms with Crippen LogP contribution in [-0.2, 0) is 16.9 Å². The molecule has 0 unspecified atom stereocenters. The third kappa shape index (κ3) is 3.35. The summed E-state index contributed by atoms with van der Waals surface area (Å²) in [5, 5.41) is 11.5. The van der Waals surface area contributed by atoms with Crippen LogP contribution in [0.4, 0.5) is 5.69 Å². The maximum atomic E-state index is 13.4. The fourth-order valence-electron chi connectivity index (χ4n) is 4.15. The average molecular weight is 415 g/mol. The zero-order valence-electron chi connectivity index (χ0n) is 16.8. The lowest BCUT2D eigenvalue weighted by atomic mass is 9.88. The van der Waals surface area contributed by atoms with Crippen LogP contribution in [0.1, 0.15) is 27.9 Å². The number of ether oxygens (including phenoxy) is 2. The van der Waals surface area contributed by atoms with Gasteiger partial charge in [-0.25, -0.2) is 0 Å². The number of ketones is 1. The molecule has 0 radical (unpaired) electrons. The minimum atomic E-state index is -1.92. The summed E-state index contributed by atoms with van der Waals surface area (Å²) < 4.78 is 11.1. The van der Waals surface area contributed by atoms with E-state index in [1.165, 1.54) is 0 Å². The topological polar surface area (TPSA) is 76.1 Å². The van der Waals surface area contributed by atoms with Gasteiger partial charge in [0, 0.05) is 11.1 Å². The Bertz CT molecular complexity index is 1160. The highest BCUT2D eigenvalue weighted by molar-refractivity contribution is 6.10. The van der Waals surface area contributed by atoms with Crippen molar-refractivity contribution in [2.75, 3.05) is 18.1 Å². The molecule has 2 aliphatic rings. The lowest BCUT2D eigenvalue weighted by molar-refractivity contribution is -0.136. The van der Waals surface area contributed by atoms with Crippen molar-refractivity contribution in [1.29, 1.82) is 0 Å². The molecule has 1 atom stereocenters. The fourth-order valence-corrected chi connectivity index (χ4v) is 4.15. The van der Waals surface area contributed by atoms with E-state index in [9.17, 15) is 14.7 Å². The van der Waals surface area contributed by atoms with Gasteiger partial charge >= 0.3 is 0 Å². The van der Waals surface area contributed by atoms with Gasteiger partial charge in [-0.3, -0.25) is 9.59 Å². The molecule has 0 fully saturated rings. The van der Waals surface area contributed by atoms with E-state index in [1.807, 2.05) is 36.4 Å². The number of aliphatic hydroxyl groups is 1. The summed E-state index contributed by atoms with van der Waals surface area (Å²) >= 11 is 0. The van der Waals surface area contributed by atoms with Crippen LogP contribution in [0, 0.1) is 0 Å². The molecule has 3 aromatic rings. The van der Waals surface area contributed by atoms with Crippen LogP contribution >= 0.6 is 0 Å². The molecule has 31 heavy (non-hydrogen) atoms. The molecular weight excluding hydrogens is 394 g/mol. The normalized spacial score (nSPS) is 19.3. The third-order valence-corrected chi connectivity index (χ3v) is 5.70. The molecule has 156 valence electrons. The van der Waals surface area contributed by atoms with Crippen molar-refractivity contribution in [3.63, 3.8) is 0 Å². The first-order valence-corrected chi connectivity index (χ1v) is 10.2. The number of carbonyl (C=O) groups excluding carboxylic acids is 2. The maximum Gasteiger partial charge on any atom is 0.264 e. The number of para-hydroxylation sites is 1. The van der Waals surface area contributed by atoms with Crippen molar-refractivity contribution in [2.24, 2.45) is 0 Å². The van der Waals surface area contributed by atoms with Crippen molar-refractivity contribution < 1.29 is 24.2 Å². The van der Waals surface area contributed by atoms with Gasteiger partial charge in [0.1, 0.15) is 13.2 Å². The Morgan fingerprint density at radius 1 is 0.935 bits per heavy atom. The predicted molar refractivity (Wildman–Crippen MR) is 114 cm³/mol. The van der Waals surface area contributed by atoms with Gasteiger partial charge in [-0.2, -0.15) is 0 Å². The van der Waals surface area contributed by atoms with Crippen LogP contribution in [0.15, 0.2) is 72.8 Å². The van der Waals surface area contributed by atoms with E-state index in [2.05, 4.69) is 0 Å². The van der Waals surface area contributed by atoms with Crippen LogP contribution in [0.25, 0.3) is 0 Å². The number of rotatable bonds is 5. The van der Waals surface area contributed by atoms with E-state index in [0.29, 0.717) is 48.1 Å². The van der Waals surface area contributed by atoms with E-state index in [1.54, 1.807) is 41.3 Å². The van der Waals surface area contributed by atoms with Gasteiger partial charge in [-0.1, -0.05) is 48.5 Å².